The maximum atomic E-state index is 10.8. The van der Waals surface area contributed by atoms with Gasteiger partial charge < -0.3 is 5.11 Å². The molecule has 3 unspecified atom stereocenters. The van der Waals surface area contributed by atoms with Crippen LogP contribution in [0.4, 0.5) is 0 Å². The van der Waals surface area contributed by atoms with E-state index in [-0.39, 0.29) is 0 Å². The van der Waals surface area contributed by atoms with Gasteiger partial charge >= 0.3 is 0 Å². The SMILES string of the molecule is CC1CCC(C#N)(C(O)c2ccnc3ccccc23)C1. The highest BCUT2D eigenvalue weighted by molar-refractivity contribution is 5.82. The Hall–Kier alpha value is -1.92. The fourth-order valence-electron chi connectivity index (χ4n) is 3.40. The van der Waals surface area contributed by atoms with Crippen molar-refractivity contribution in [3.8, 4) is 6.07 Å². The molecule has 1 heterocycles. The Bertz CT molecular complexity index is 671. The van der Waals surface area contributed by atoms with Crippen molar-refractivity contribution in [1.82, 2.24) is 4.98 Å². The lowest BCUT2D eigenvalue weighted by Crippen LogP contribution is -2.24. The second-order valence-corrected chi connectivity index (χ2v) is 5.94. The van der Waals surface area contributed by atoms with Crippen molar-refractivity contribution >= 4 is 10.9 Å². The summed E-state index contributed by atoms with van der Waals surface area (Å²) < 4.78 is 0. The summed E-state index contributed by atoms with van der Waals surface area (Å²) in [6, 6.07) is 12.0. The monoisotopic (exact) mass is 266 g/mol. The Kier molecular flexibility index (Phi) is 3.19. The molecule has 3 nitrogen and oxygen atoms in total. The van der Waals surface area contributed by atoms with Crippen LogP contribution >= 0.6 is 0 Å². The summed E-state index contributed by atoms with van der Waals surface area (Å²) in [7, 11) is 0. The molecule has 2 aromatic rings. The van der Waals surface area contributed by atoms with Crippen molar-refractivity contribution in [1.29, 1.82) is 5.26 Å². The highest BCUT2D eigenvalue weighted by atomic mass is 16.3. The summed E-state index contributed by atoms with van der Waals surface area (Å²) in [6.07, 6.45) is 3.51. The molecule has 1 aromatic heterocycles. The molecule has 0 spiro atoms. The van der Waals surface area contributed by atoms with Crippen molar-refractivity contribution in [2.75, 3.05) is 0 Å². The summed E-state index contributed by atoms with van der Waals surface area (Å²) in [4.78, 5) is 4.32. The summed E-state index contributed by atoms with van der Waals surface area (Å²) in [6.45, 7) is 2.15. The van der Waals surface area contributed by atoms with E-state index in [0.29, 0.717) is 5.92 Å². The lowest BCUT2D eigenvalue weighted by Gasteiger charge is -2.28. The van der Waals surface area contributed by atoms with Crippen LogP contribution in [0.2, 0.25) is 0 Å². The van der Waals surface area contributed by atoms with Crippen LogP contribution in [-0.2, 0) is 0 Å². The summed E-state index contributed by atoms with van der Waals surface area (Å²) in [5, 5.41) is 21.4. The molecule has 3 heteroatoms. The number of rotatable bonds is 2. The average Bonchev–Trinajstić information content (AvgIpc) is 2.88. The van der Waals surface area contributed by atoms with Crippen LogP contribution in [-0.4, -0.2) is 10.1 Å². The molecular formula is C17H18N2O. The number of pyridine rings is 1. The van der Waals surface area contributed by atoms with E-state index in [9.17, 15) is 10.4 Å². The van der Waals surface area contributed by atoms with Gasteiger partial charge in [-0.05, 0) is 42.9 Å². The molecule has 0 radical (unpaired) electrons. The van der Waals surface area contributed by atoms with E-state index in [1.165, 1.54) is 0 Å². The molecule has 1 N–H and O–H groups in total. The van der Waals surface area contributed by atoms with Gasteiger partial charge in [0.1, 0.15) is 0 Å². The Labute approximate surface area is 118 Å². The van der Waals surface area contributed by atoms with Gasteiger partial charge in [-0.25, -0.2) is 0 Å². The fourth-order valence-corrected chi connectivity index (χ4v) is 3.40. The molecule has 102 valence electrons. The number of nitrogens with zero attached hydrogens (tertiary/aromatic N) is 2. The third-order valence-electron chi connectivity index (χ3n) is 4.52. The number of aromatic nitrogens is 1. The van der Waals surface area contributed by atoms with Crippen molar-refractivity contribution in [2.24, 2.45) is 11.3 Å². The minimum atomic E-state index is -0.745. The average molecular weight is 266 g/mol. The van der Waals surface area contributed by atoms with Gasteiger partial charge in [0.2, 0.25) is 0 Å². The lowest BCUT2D eigenvalue weighted by atomic mass is 9.77. The number of aliphatic hydroxyl groups excluding tert-OH is 1. The fraction of sp³-hybridized carbons (Fsp3) is 0.412. The Morgan fingerprint density at radius 1 is 1.40 bits per heavy atom. The summed E-state index contributed by atoms with van der Waals surface area (Å²) in [5.41, 5.74) is 1.04. The molecule has 3 rings (SSSR count). The van der Waals surface area contributed by atoms with Crippen LogP contribution in [0.1, 0.15) is 37.9 Å². The number of hydrogen-bond donors (Lipinski definition) is 1. The number of fused-ring (bicyclic) bond motifs is 1. The second kappa shape index (κ2) is 4.88. The van der Waals surface area contributed by atoms with E-state index >= 15 is 0 Å². The quantitative estimate of drug-likeness (QED) is 0.903. The van der Waals surface area contributed by atoms with Gasteiger partial charge in [0.15, 0.2) is 0 Å². The van der Waals surface area contributed by atoms with Crippen LogP contribution in [0.3, 0.4) is 0 Å². The topological polar surface area (TPSA) is 56.9 Å². The van der Waals surface area contributed by atoms with E-state index in [1.807, 2.05) is 30.3 Å². The van der Waals surface area contributed by atoms with Gasteiger partial charge in [0.05, 0.1) is 23.1 Å². The molecule has 1 aliphatic carbocycles. The van der Waals surface area contributed by atoms with Gasteiger partial charge in [-0.15, -0.1) is 0 Å². The van der Waals surface area contributed by atoms with Gasteiger partial charge in [0, 0.05) is 11.6 Å². The predicted octanol–water partition coefficient (Wildman–Crippen LogP) is 3.60. The first-order valence-corrected chi connectivity index (χ1v) is 7.09. The van der Waals surface area contributed by atoms with E-state index < -0.39 is 11.5 Å². The molecule has 1 fully saturated rings. The summed E-state index contributed by atoms with van der Waals surface area (Å²) >= 11 is 0. The number of nitriles is 1. The first kappa shape index (κ1) is 13.1. The predicted molar refractivity (Wildman–Crippen MR) is 77.8 cm³/mol. The molecule has 0 bridgehead atoms. The van der Waals surface area contributed by atoms with Crippen molar-refractivity contribution < 1.29 is 5.11 Å². The molecule has 20 heavy (non-hydrogen) atoms. The Morgan fingerprint density at radius 2 is 2.20 bits per heavy atom. The minimum absolute atomic E-state index is 0.498. The van der Waals surface area contributed by atoms with Crippen molar-refractivity contribution in [2.45, 2.75) is 32.3 Å². The standard InChI is InChI=1S/C17H18N2O/c1-12-6-8-17(10-12,11-18)16(20)14-7-9-19-15-5-3-2-4-13(14)15/h2-5,7,9,12,16,20H,6,8,10H2,1H3. The third-order valence-corrected chi connectivity index (χ3v) is 4.52. The number of hydrogen-bond acceptors (Lipinski definition) is 3. The second-order valence-electron chi connectivity index (χ2n) is 5.94. The first-order valence-electron chi connectivity index (χ1n) is 7.09. The number of aliphatic hydroxyl groups is 1. The third kappa shape index (κ3) is 1.97. The van der Waals surface area contributed by atoms with Crippen LogP contribution in [0.15, 0.2) is 36.5 Å². The molecule has 1 aromatic carbocycles. The Balaban J connectivity index is 2.09. The summed E-state index contributed by atoms with van der Waals surface area (Å²) in [5.74, 6) is 0.498. The Morgan fingerprint density at radius 3 is 2.90 bits per heavy atom. The van der Waals surface area contributed by atoms with Gasteiger partial charge in [0.25, 0.3) is 0 Å². The van der Waals surface area contributed by atoms with Crippen LogP contribution in [0.25, 0.3) is 10.9 Å². The maximum absolute atomic E-state index is 10.8. The zero-order chi connectivity index (χ0) is 14.2. The van der Waals surface area contributed by atoms with Gasteiger partial charge in [-0.1, -0.05) is 25.1 Å². The molecule has 1 aliphatic rings. The molecule has 0 aliphatic heterocycles. The minimum Gasteiger partial charge on any atom is -0.387 e. The van der Waals surface area contributed by atoms with Crippen LogP contribution in [0.5, 0.6) is 0 Å². The lowest BCUT2D eigenvalue weighted by molar-refractivity contribution is 0.0659. The first-order chi connectivity index (χ1) is 9.66. The van der Waals surface area contributed by atoms with E-state index in [4.69, 9.17) is 0 Å². The van der Waals surface area contributed by atoms with Crippen molar-refractivity contribution in [3.05, 3.63) is 42.1 Å². The molecule has 0 saturated heterocycles. The van der Waals surface area contributed by atoms with Crippen molar-refractivity contribution in [3.63, 3.8) is 0 Å². The van der Waals surface area contributed by atoms with E-state index in [0.717, 1.165) is 35.7 Å². The van der Waals surface area contributed by atoms with Crippen LogP contribution in [0, 0.1) is 22.7 Å². The molecule has 3 atom stereocenters. The highest BCUT2D eigenvalue weighted by Crippen LogP contribution is 2.50. The molecular weight excluding hydrogens is 248 g/mol. The zero-order valence-electron chi connectivity index (χ0n) is 11.6. The smallest absolute Gasteiger partial charge is 0.0983 e. The largest absolute Gasteiger partial charge is 0.387 e. The molecule has 0 amide bonds. The van der Waals surface area contributed by atoms with Crippen LogP contribution < -0.4 is 0 Å². The highest BCUT2D eigenvalue weighted by Gasteiger charge is 2.44. The van der Waals surface area contributed by atoms with E-state index in [2.05, 4.69) is 18.0 Å². The zero-order valence-corrected chi connectivity index (χ0v) is 11.6. The van der Waals surface area contributed by atoms with Gasteiger partial charge in [-0.2, -0.15) is 5.26 Å². The number of para-hydroxylation sites is 1. The van der Waals surface area contributed by atoms with Gasteiger partial charge in [-0.3, -0.25) is 4.98 Å². The van der Waals surface area contributed by atoms with E-state index in [1.54, 1.807) is 6.20 Å². The number of benzene rings is 1. The molecule has 1 saturated carbocycles. The maximum Gasteiger partial charge on any atom is 0.0983 e. The normalized spacial score (nSPS) is 27.4.